The molecule has 0 saturated heterocycles. The number of nitrogens with zero attached hydrogens (tertiary/aromatic N) is 2. The molecule has 19 heavy (non-hydrogen) atoms. The maximum absolute atomic E-state index is 5.58. The van der Waals surface area contributed by atoms with Crippen LogP contribution in [0.25, 0.3) is 11.3 Å². The van der Waals surface area contributed by atoms with Crippen molar-refractivity contribution in [2.75, 3.05) is 6.61 Å². The Morgan fingerprint density at radius 1 is 1.11 bits per heavy atom. The van der Waals surface area contributed by atoms with Gasteiger partial charge in [0.25, 0.3) is 0 Å². The van der Waals surface area contributed by atoms with Crippen LogP contribution in [0.3, 0.4) is 0 Å². The fourth-order valence-electron chi connectivity index (χ4n) is 1.91. The lowest BCUT2D eigenvalue weighted by molar-refractivity contribution is 0.317. The summed E-state index contributed by atoms with van der Waals surface area (Å²) in [5.41, 5.74) is 2.16. The molecule has 0 amide bonds. The molecule has 0 fully saturated rings. The van der Waals surface area contributed by atoms with Crippen molar-refractivity contribution >= 4 is 0 Å². The summed E-state index contributed by atoms with van der Waals surface area (Å²) in [5.74, 6) is 0.927. The van der Waals surface area contributed by atoms with E-state index in [0.29, 0.717) is 0 Å². The van der Waals surface area contributed by atoms with Crippen molar-refractivity contribution in [2.24, 2.45) is 0 Å². The molecule has 102 valence electrons. The number of hydrogen-bond acceptors (Lipinski definition) is 2. The van der Waals surface area contributed by atoms with Crippen LogP contribution in [0.1, 0.15) is 33.1 Å². The van der Waals surface area contributed by atoms with Crippen LogP contribution in [0.5, 0.6) is 5.75 Å². The van der Waals surface area contributed by atoms with Gasteiger partial charge in [0.2, 0.25) is 0 Å². The molecule has 0 aliphatic rings. The zero-order chi connectivity index (χ0) is 13.5. The summed E-state index contributed by atoms with van der Waals surface area (Å²) in [6.45, 7) is 6.12. The van der Waals surface area contributed by atoms with Crippen molar-refractivity contribution < 1.29 is 4.74 Å². The van der Waals surface area contributed by atoms with Gasteiger partial charge in [0.05, 0.1) is 18.6 Å². The predicted molar refractivity (Wildman–Crippen MR) is 78.4 cm³/mol. The molecule has 1 aromatic carbocycles. The van der Waals surface area contributed by atoms with E-state index in [0.717, 1.165) is 36.6 Å². The second-order valence-electron chi connectivity index (χ2n) is 4.72. The number of benzene rings is 1. The monoisotopic (exact) mass is 258 g/mol. The number of rotatable bonds is 7. The van der Waals surface area contributed by atoms with Crippen LogP contribution < -0.4 is 4.74 Å². The lowest BCUT2D eigenvalue weighted by Crippen LogP contribution is -1.94. The maximum Gasteiger partial charge on any atom is 0.119 e. The minimum atomic E-state index is 0.769. The summed E-state index contributed by atoms with van der Waals surface area (Å²) in [6.07, 6.45) is 7.45. The van der Waals surface area contributed by atoms with E-state index in [9.17, 15) is 0 Å². The molecule has 0 spiro atoms. The van der Waals surface area contributed by atoms with E-state index in [1.165, 1.54) is 12.8 Å². The first-order valence-corrected chi connectivity index (χ1v) is 7.08. The van der Waals surface area contributed by atoms with E-state index in [4.69, 9.17) is 4.74 Å². The third-order valence-corrected chi connectivity index (χ3v) is 3.03. The molecule has 3 heteroatoms. The van der Waals surface area contributed by atoms with Crippen molar-refractivity contribution in [3.8, 4) is 17.0 Å². The molecule has 0 radical (unpaired) electrons. The highest BCUT2D eigenvalue weighted by molar-refractivity contribution is 5.59. The van der Waals surface area contributed by atoms with Gasteiger partial charge in [0.1, 0.15) is 5.75 Å². The fourth-order valence-corrected chi connectivity index (χ4v) is 1.91. The average molecular weight is 258 g/mol. The molecule has 2 rings (SSSR count). The first-order valence-electron chi connectivity index (χ1n) is 7.08. The first kappa shape index (κ1) is 13.7. The average Bonchev–Trinajstić information content (AvgIpc) is 2.92. The molecule has 2 aromatic rings. The molecule has 0 saturated carbocycles. The van der Waals surface area contributed by atoms with Crippen LogP contribution in [0.15, 0.2) is 36.8 Å². The molecular weight excluding hydrogens is 236 g/mol. The SMILES string of the molecule is CCCCn1cnc(-c2ccc(OCCC)cc2)c1. The van der Waals surface area contributed by atoms with Crippen molar-refractivity contribution in [1.29, 1.82) is 0 Å². The standard InChI is InChI=1S/C16H22N2O/c1-3-5-10-18-12-16(17-13-18)14-6-8-15(9-7-14)19-11-4-2/h6-9,12-13H,3-5,10-11H2,1-2H3. The molecule has 0 unspecified atom stereocenters. The van der Waals surface area contributed by atoms with Gasteiger partial charge in [-0.1, -0.05) is 20.3 Å². The molecule has 0 aliphatic heterocycles. The largest absolute Gasteiger partial charge is 0.494 e. The van der Waals surface area contributed by atoms with Crippen molar-refractivity contribution in [3.05, 3.63) is 36.8 Å². The zero-order valence-electron chi connectivity index (χ0n) is 11.8. The summed E-state index contributed by atoms with van der Waals surface area (Å²) in [7, 11) is 0. The predicted octanol–water partition coefficient (Wildman–Crippen LogP) is 4.14. The Morgan fingerprint density at radius 2 is 1.89 bits per heavy atom. The van der Waals surface area contributed by atoms with E-state index in [-0.39, 0.29) is 0 Å². The molecule has 0 atom stereocenters. The van der Waals surface area contributed by atoms with Crippen LogP contribution >= 0.6 is 0 Å². The molecule has 0 N–H and O–H groups in total. The number of aromatic nitrogens is 2. The lowest BCUT2D eigenvalue weighted by Gasteiger charge is -2.04. The lowest BCUT2D eigenvalue weighted by atomic mass is 10.1. The van der Waals surface area contributed by atoms with Gasteiger partial charge in [0, 0.05) is 18.3 Å². The van der Waals surface area contributed by atoms with E-state index in [1.54, 1.807) is 0 Å². The second kappa shape index (κ2) is 6.98. The van der Waals surface area contributed by atoms with Crippen LogP contribution in [0.2, 0.25) is 0 Å². The van der Waals surface area contributed by atoms with Crippen molar-refractivity contribution in [2.45, 2.75) is 39.7 Å². The summed E-state index contributed by atoms with van der Waals surface area (Å²) >= 11 is 0. The Labute approximate surface area is 115 Å². The Morgan fingerprint density at radius 3 is 2.58 bits per heavy atom. The van der Waals surface area contributed by atoms with Gasteiger partial charge < -0.3 is 9.30 Å². The highest BCUT2D eigenvalue weighted by Crippen LogP contribution is 2.21. The first-order chi connectivity index (χ1) is 9.33. The fraction of sp³-hybridized carbons (Fsp3) is 0.438. The highest BCUT2D eigenvalue weighted by atomic mass is 16.5. The van der Waals surface area contributed by atoms with Crippen LogP contribution in [-0.4, -0.2) is 16.2 Å². The third kappa shape index (κ3) is 3.85. The number of ether oxygens (including phenoxy) is 1. The van der Waals surface area contributed by atoms with E-state index in [1.807, 2.05) is 18.5 Å². The molecule has 1 heterocycles. The highest BCUT2D eigenvalue weighted by Gasteiger charge is 2.02. The van der Waals surface area contributed by atoms with Gasteiger partial charge in [-0.2, -0.15) is 0 Å². The maximum atomic E-state index is 5.58. The summed E-state index contributed by atoms with van der Waals surface area (Å²) in [4.78, 5) is 4.45. The van der Waals surface area contributed by atoms with Gasteiger partial charge in [-0.05, 0) is 37.1 Å². The minimum absolute atomic E-state index is 0.769. The molecular formula is C16H22N2O. The molecule has 0 bridgehead atoms. The molecule has 0 aliphatic carbocycles. The summed E-state index contributed by atoms with van der Waals surface area (Å²) in [5, 5.41) is 0. The molecule has 1 aromatic heterocycles. The topological polar surface area (TPSA) is 27.1 Å². The quantitative estimate of drug-likeness (QED) is 0.746. The van der Waals surface area contributed by atoms with Gasteiger partial charge in [0.15, 0.2) is 0 Å². The Balaban J connectivity index is 2.02. The van der Waals surface area contributed by atoms with Gasteiger partial charge in [-0.25, -0.2) is 4.98 Å². The minimum Gasteiger partial charge on any atom is -0.494 e. The number of imidazole rings is 1. The van der Waals surface area contributed by atoms with E-state index < -0.39 is 0 Å². The second-order valence-corrected chi connectivity index (χ2v) is 4.72. The van der Waals surface area contributed by atoms with Crippen LogP contribution in [0, 0.1) is 0 Å². The summed E-state index contributed by atoms with van der Waals surface area (Å²) in [6, 6.07) is 8.15. The van der Waals surface area contributed by atoms with Crippen LogP contribution in [0.4, 0.5) is 0 Å². The number of hydrogen-bond donors (Lipinski definition) is 0. The third-order valence-electron chi connectivity index (χ3n) is 3.03. The van der Waals surface area contributed by atoms with Crippen molar-refractivity contribution in [3.63, 3.8) is 0 Å². The van der Waals surface area contributed by atoms with E-state index >= 15 is 0 Å². The van der Waals surface area contributed by atoms with Gasteiger partial charge in [-0.15, -0.1) is 0 Å². The number of unbranched alkanes of at least 4 members (excludes halogenated alkanes) is 1. The summed E-state index contributed by atoms with van der Waals surface area (Å²) < 4.78 is 7.73. The zero-order valence-corrected chi connectivity index (χ0v) is 11.8. The Kier molecular flexibility index (Phi) is 5.01. The molecule has 3 nitrogen and oxygen atoms in total. The van der Waals surface area contributed by atoms with Gasteiger partial charge in [-0.3, -0.25) is 0 Å². The smallest absolute Gasteiger partial charge is 0.119 e. The van der Waals surface area contributed by atoms with Crippen molar-refractivity contribution in [1.82, 2.24) is 9.55 Å². The Hall–Kier alpha value is -1.77. The Bertz CT molecular complexity index is 488. The number of aryl methyl sites for hydroxylation is 1. The van der Waals surface area contributed by atoms with Gasteiger partial charge >= 0.3 is 0 Å². The van der Waals surface area contributed by atoms with E-state index in [2.05, 4.69) is 41.7 Å². The van der Waals surface area contributed by atoms with Crippen LogP contribution in [-0.2, 0) is 6.54 Å². The normalized spacial score (nSPS) is 10.6.